The average Bonchev–Trinajstić information content (AvgIpc) is 3.07. The van der Waals surface area contributed by atoms with Crippen molar-refractivity contribution in [3.63, 3.8) is 0 Å². The lowest BCUT2D eigenvalue weighted by atomic mass is 9.94. The second kappa shape index (κ2) is 9.47. The number of nitrogens with zero attached hydrogens (tertiary/aromatic N) is 1. The third-order valence-electron chi connectivity index (χ3n) is 5.96. The van der Waals surface area contributed by atoms with E-state index in [1.165, 1.54) is 0 Å². The number of carbonyl (C=O) groups is 2. The van der Waals surface area contributed by atoms with Crippen molar-refractivity contribution in [2.45, 2.75) is 45.6 Å². The van der Waals surface area contributed by atoms with Gasteiger partial charge in [-0.15, -0.1) is 0 Å². The molecule has 1 saturated heterocycles. The number of unbranched alkanes of at least 4 members (excludes halogenated alkanes) is 1. The number of hydrogen-bond acceptors (Lipinski definition) is 5. The number of ether oxygens (including phenoxy) is 2. The summed E-state index contributed by atoms with van der Waals surface area (Å²) in [5.74, 6) is 0.0872. The van der Waals surface area contributed by atoms with Crippen LogP contribution in [0.15, 0.2) is 48.0 Å². The molecule has 6 heteroatoms. The topological polar surface area (TPSA) is 76.1 Å². The molecule has 1 unspecified atom stereocenters. The largest absolute Gasteiger partial charge is 0.507 e. The summed E-state index contributed by atoms with van der Waals surface area (Å²) in [5, 5.41) is 11.3. The summed E-state index contributed by atoms with van der Waals surface area (Å²) in [6.45, 7) is 5.57. The molecule has 0 radical (unpaired) electrons. The number of Topliss-reactive ketones (excluding diaryl/α,β-unsaturated/α-hetero) is 1. The van der Waals surface area contributed by atoms with E-state index in [1.807, 2.05) is 50.2 Å². The maximum atomic E-state index is 13.1. The molecule has 2 aliphatic heterocycles. The van der Waals surface area contributed by atoms with Crippen molar-refractivity contribution >= 4 is 17.4 Å². The molecule has 2 aliphatic rings. The molecule has 1 atom stereocenters. The van der Waals surface area contributed by atoms with Crippen molar-refractivity contribution in [2.24, 2.45) is 0 Å². The molecule has 0 bridgehead atoms. The second-order valence-corrected chi connectivity index (χ2v) is 8.13. The van der Waals surface area contributed by atoms with Gasteiger partial charge in [0.25, 0.3) is 11.7 Å². The van der Waals surface area contributed by atoms with Gasteiger partial charge in [-0.2, -0.15) is 0 Å². The van der Waals surface area contributed by atoms with Crippen LogP contribution in [-0.2, 0) is 16.0 Å². The van der Waals surface area contributed by atoms with Crippen LogP contribution in [0.4, 0.5) is 0 Å². The third kappa shape index (κ3) is 4.09. The molecule has 0 aromatic heterocycles. The van der Waals surface area contributed by atoms with Crippen molar-refractivity contribution in [3.8, 4) is 11.5 Å². The number of ketones is 1. The Balaban J connectivity index is 1.82. The van der Waals surface area contributed by atoms with Crippen LogP contribution in [0.2, 0.25) is 0 Å². The highest BCUT2D eigenvalue weighted by Gasteiger charge is 2.45. The number of likely N-dealkylation sites (tertiary alicyclic amines) is 1. The zero-order valence-electron chi connectivity index (χ0n) is 18.6. The summed E-state index contributed by atoms with van der Waals surface area (Å²) in [4.78, 5) is 27.6. The highest BCUT2D eigenvalue weighted by atomic mass is 16.5. The summed E-state index contributed by atoms with van der Waals surface area (Å²) in [6, 6.07) is 12.2. The average molecular weight is 436 g/mol. The van der Waals surface area contributed by atoms with Gasteiger partial charge in [-0.25, -0.2) is 0 Å². The molecule has 32 heavy (non-hydrogen) atoms. The van der Waals surface area contributed by atoms with Gasteiger partial charge in [0.15, 0.2) is 0 Å². The smallest absolute Gasteiger partial charge is 0.295 e. The maximum absolute atomic E-state index is 13.1. The summed E-state index contributed by atoms with van der Waals surface area (Å²) in [6.07, 6.45) is 3.41. The molecule has 168 valence electrons. The number of aryl methyl sites for hydroxylation is 1. The summed E-state index contributed by atoms with van der Waals surface area (Å²) >= 11 is 0. The number of rotatable bonds is 7. The van der Waals surface area contributed by atoms with Crippen LogP contribution < -0.4 is 9.47 Å². The van der Waals surface area contributed by atoms with Gasteiger partial charge in [0, 0.05) is 12.1 Å². The van der Waals surface area contributed by atoms with Crippen molar-refractivity contribution in [1.29, 1.82) is 0 Å². The van der Waals surface area contributed by atoms with E-state index in [-0.39, 0.29) is 11.3 Å². The molecule has 1 N–H and O–H groups in total. The molecule has 1 amide bonds. The predicted octanol–water partition coefficient (Wildman–Crippen LogP) is 4.63. The van der Waals surface area contributed by atoms with Crippen LogP contribution in [-0.4, -0.2) is 41.5 Å². The quantitative estimate of drug-likeness (QED) is 0.390. The van der Waals surface area contributed by atoms with Crippen LogP contribution >= 0.6 is 0 Å². The van der Waals surface area contributed by atoms with Gasteiger partial charge in [-0.05, 0) is 67.6 Å². The molecule has 0 saturated carbocycles. The first-order valence-electron chi connectivity index (χ1n) is 11.3. The van der Waals surface area contributed by atoms with Crippen LogP contribution in [0.25, 0.3) is 5.76 Å². The molecule has 4 rings (SSSR count). The molecule has 6 nitrogen and oxygen atoms in total. The zero-order chi connectivity index (χ0) is 22.7. The monoisotopic (exact) mass is 435 g/mol. The maximum Gasteiger partial charge on any atom is 0.295 e. The zero-order valence-corrected chi connectivity index (χ0v) is 18.6. The van der Waals surface area contributed by atoms with Gasteiger partial charge in [-0.1, -0.05) is 25.5 Å². The molecule has 2 aromatic carbocycles. The number of benzene rings is 2. The first-order valence-corrected chi connectivity index (χ1v) is 11.3. The number of fused-ring (bicyclic) bond motifs is 1. The Kier molecular flexibility index (Phi) is 6.49. The summed E-state index contributed by atoms with van der Waals surface area (Å²) in [5.41, 5.74) is 2.38. The molecule has 1 fully saturated rings. The van der Waals surface area contributed by atoms with E-state index in [4.69, 9.17) is 9.47 Å². The number of aliphatic hydroxyl groups is 1. The molecule has 2 aromatic rings. The van der Waals surface area contributed by atoms with Crippen molar-refractivity contribution in [3.05, 3.63) is 64.7 Å². The van der Waals surface area contributed by atoms with Gasteiger partial charge < -0.3 is 19.5 Å². The van der Waals surface area contributed by atoms with Gasteiger partial charge in [0.2, 0.25) is 0 Å². The van der Waals surface area contributed by atoms with E-state index in [0.29, 0.717) is 31.1 Å². The van der Waals surface area contributed by atoms with Crippen molar-refractivity contribution in [2.75, 3.05) is 19.8 Å². The van der Waals surface area contributed by atoms with Crippen molar-refractivity contribution in [1.82, 2.24) is 4.90 Å². The van der Waals surface area contributed by atoms with E-state index in [0.717, 1.165) is 42.6 Å². The fourth-order valence-electron chi connectivity index (χ4n) is 4.39. The Morgan fingerprint density at radius 3 is 2.81 bits per heavy atom. The Bertz CT molecular complexity index is 1060. The Morgan fingerprint density at radius 2 is 2.03 bits per heavy atom. The second-order valence-electron chi connectivity index (χ2n) is 8.13. The number of carbonyl (C=O) groups excluding carboxylic acids is 2. The minimum Gasteiger partial charge on any atom is -0.507 e. The third-order valence-corrected chi connectivity index (χ3v) is 5.96. The van der Waals surface area contributed by atoms with Gasteiger partial charge >= 0.3 is 0 Å². The lowest BCUT2D eigenvalue weighted by Crippen LogP contribution is -2.30. The summed E-state index contributed by atoms with van der Waals surface area (Å²) in [7, 11) is 0. The Hall–Kier alpha value is -3.28. The van der Waals surface area contributed by atoms with Gasteiger partial charge in [0.1, 0.15) is 17.3 Å². The van der Waals surface area contributed by atoms with E-state index in [9.17, 15) is 14.7 Å². The van der Waals surface area contributed by atoms with E-state index >= 15 is 0 Å². The first kappa shape index (κ1) is 21.9. The van der Waals surface area contributed by atoms with Gasteiger partial charge in [-0.3, -0.25) is 9.59 Å². The number of amides is 1. The standard InChI is InChI=1S/C26H29NO5/c1-3-5-13-27-23(18-8-6-10-20(16-18)31-4-2)22(25(29)26(27)30)24(28)19-11-12-21-17(15-19)9-7-14-32-21/h6,8,10-12,15-16,23,28H,3-5,7,9,13-14H2,1-2H3/b24-22-. The normalized spacial score (nSPS) is 19.6. The molecule has 0 aliphatic carbocycles. The molecular weight excluding hydrogens is 406 g/mol. The Morgan fingerprint density at radius 1 is 1.19 bits per heavy atom. The molecular formula is C26H29NO5. The SMILES string of the molecule is CCCCN1C(=O)C(=O)/C(=C(\O)c2ccc3c(c2)CCCO3)C1c1cccc(OCC)c1. The molecule has 2 heterocycles. The summed E-state index contributed by atoms with van der Waals surface area (Å²) < 4.78 is 11.3. The van der Waals surface area contributed by atoms with Crippen LogP contribution in [0.3, 0.4) is 0 Å². The highest BCUT2D eigenvalue weighted by Crippen LogP contribution is 2.41. The van der Waals surface area contributed by atoms with Gasteiger partial charge in [0.05, 0.1) is 24.8 Å². The van der Waals surface area contributed by atoms with E-state index in [1.54, 1.807) is 11.0 Å². The van der Waals surface area contributed by atoms with Crippen molar-refractivity contribution < 1.29 is 24.2 Å². The van der Waals surface area contributed by atoms with Crippen LogP contribution in [0, 0.1) is 0 Å². The highest BCUT2D eigenvalue weighted by molar-refractivity contribution is 6.46. The lowest BCUT2D eigenvalue weighted by Gasteiger charge is -2.25. The van der Waals surface area contributed by atoms with E-state index < -0.39 is 17.7 Å². The lowest BCUT2D eigenvalue weighted by molar-refractivity contribution is -0.139. The fourth-order valence-corrected chi connectivity index (χ4v) is 4.39. The minimum absolute atomic E-state index is 0.122. The van der Waals surface area contributed by atoms with E-state index in [2.05, 4.69) is 0 Å². The fraction of sp³-hybridized carbons (Fsp3) is 0.385. The molecule has 0 spiro atoms. The van der Waals surface area contributed by atoms with Crippen LogP contribution in [0.5, 0.6) is 11.5 Å². The van der Waals surface area contributed by atoms with Crippen LogP contribution in [0.1, 0.15) is 55.8 Å². The number of hydrogen-bond donors (Lipinski definition) is 1. The Labute approximate surface area is 188 Å². The first-order chi connectivity index (χ1) is 15.5. The number of aliphatic hydroxyl groups excluding tert-OH is 1. The minimum atomic E-state index is -0.658. The predicted molar refractivity (Wildman–Crippen MR) is 122 cm³/mol.